The van der Waals surface area contributed by atoms with Crippen LogP contribution in [-0.2, 0) is 16.6 Å². The monoisotopic (exact) mass is 327 g/mol. The number of para-hydroxylation sites is 2. The van der Waals surface area contributed by atoms with E-state index in [9.17, 15) is 8.42 Å². The molecule has 1 heterocycles. The number of hydrogen-bond donors (Lipinski definition) is 2. The van der Waals surface area contributed by atoms with E-state index in [1.165, 1.54) is 11.3 Å². The lowest BCUT2D eigenvalue weighted by Gasteiger charge is -2.09. The number of rotatable bonds is 7. The number of nitrogens with one attached hydrogen (secondary N) is 1. The predicted octanol–water partition coefficient (Wildman–Crippen LogP) is 1.53. The molecule has 0 saturated heterocycles. The standard InChI is InChI=1S/C13H17N3O3S2/c1-10-8-15-13(20-10)9-16-21(17,18)7-6-19-12-5-3-2-4-11(12)14/h2-5,8,16H,6-7,9,14H2,1H3. The van der Waals surface area contributed by atoms with Crippen molar-refractivity contribution in [1.82, 2.24) is 9.71 Å². The SMILES string of the molecule is Cc1cnc(CNS(=O)(=O)CCOc2ccccc2N)s1. The second-order valence-electron chi connectivity index (χ2n) is 4.39. The Morgan fingerprint density at radius 1 is 1.38 bits per heavy atom. The molecule has 6 nitrogen and oxygen atoms in total. The maximum atomic E-state index is 11.8. The lowest BCUT2D eigenvalue weighted by molar-refractivity contribution is 0.342. The molecule has 0 aliphatic rings. The molecule has 8 heteroatoms. The van der Waals surface area contributed by atoms with Gasteiger partial charge in [0.15, 0.2) is 0 Å². The van der Waals surface area contributed by atoms with Crippen molar-refractivity contribution in [1.29, 1.82) is 0 Å². The maximum absolute atomic E-state index is 11.8. The van der Waals surface area contributed by atoms with Crippen molar-refractivity contribution in [2.75, 3.05) is 18.1 Å². The first-order chi connectivity index (χ1) is 9.96. The van der Waals surface area contributed by atoms with E-state index in [-0.39, 0.29) is 18.9 Å². The fraction of sp³-hybridized carbons (Fsp3) is 0.308. The molecule has 114 valence electrons. The number of nitrogens with zero attached hydrogens (tertiary/aromatic N) is 1. The van der Waals surface area contributed by atoms with Crippen molar-refractivity contribution in [2.45, 2.75) is 13.5 Å². The first-order valence-electron chi connectivity index (χ1n) is 6.32. The summed E-state index contributed by atoms with van der Waals surface area (Å²) in [6.45, 7) is 2.17. The van der Waals surface area contributed by atoms with Gasteiger partial charge >= 0.3 is 0 Å². The molecule has 0 saturated carbocycles. The molecule has 0 aliphatic carbocycles. The van der Waals surface area contributed by atoms with Crippen LogP contribution in [0.15, 0.2) is 30.5 Å². The Bertz CT molecular complexity index is 698. The van der Waals surface area contributed by atoms with Crippen LogP contribution < -0.4 is 15.2 Å². The van der Waals surface area contributed by atoms with Crippen molar-refractivity contribution in [3.05, 3.63) is 40.3 Å². The molecule has 0 bridgehead atoms. The van der Waals surface area contributed by atoms with Gasteiger partial charge in [-0.3, -0.25) is 0 Å². The minimum Gasteiger partial charge on any atom is -0.490 e. The zero-order valence-corrected chi connectivity index (χ0v) is 13.2. The van der Waals surface area contributed by atoms with Gasteiger partial charge in [0.25, 0.3) is 0 Å². The van der Waals surface area contributed by atoms with Crippen LogP contribution in [0.25, 0.3) is 0 Å². The molecule has 1 aromatic heterocycles. The second kappa shape index (κ2) is 6.88. The summed E-state index contributed by atoms with van der Waals surface area (Å²) in [6.07, 6.45) is 1.72. The van der Waals surface area contributed by atoms with Gasteiger partial charge in [-0.15, -0.1) is 11.3 Å². The topological polar surface area (TPSA) is 94.3 Å². The summed E-state index contributed by atoms with van der Waals surface area (Å²) in [7, 11) is -3.40. The summed E-state index contributed by atoms with van der Waals surface area (Å²) >= 11 is 1.47. The molecule has 2 rings (SSSR count). The van der Waals surface area contributed by atoms with Crippen LogP contribution in [0.3, 0.4) is 0 Å². The number of nitrogen functional groups attached to an aromatic ring is 1. The molecule has 2 aromatic rings. The number of ether oxygens (including phenoxy) is 1. The summed E-state index contributed by atoms with van der Waals surface area (Å²) in [5.74, 6) is 0.356. The van der Waals surface area contributed by atoms with Gasteiger partial charge in [-0.25, -0.2) is 18.1 Å². The average molecular weight is 327 g/mol. The van der Waals surface area contributed by atoms with E-state index >= 15 is 0 Å². The highest BCUT2D eigenvalue weighted by atomic mass is 32.2. The van der Waals surface area contributed by atoms with Gasteiger partial charge in [0.2, 0.25) is 10.0 Å². The van der Waals surface area contributed by atoms with Gasteiger partial charge < -0.3 is 10.5 Å². The summed E-state index contributed by atoms with van der Waals surface area (Å²) in [5, 5.41) is 0.740. The number of sulfonamides is 1. The molecule has 3 N–H and O–H groups in total. The highest BCUT2D eigenvalue weighted by Gasteiger charge is 2.12. The fourth-order valence-corrected chi connectivity index (χ4v) is 3.22. The Morgan fingerprint density at radius 3 is 2.81 bits per heavy atom. The van der Waals surface area contributed by atoms with Crippen LogP contribution in [0.1, 0.15) is 9.88 Å². The first-order valence-corrected chi connectivity index (χ1v) is 8.79. The van der Waals surface area contributed by atoms with E-state index < -0.39 is 10.0 Å². The molecule has 0 aliphatic heterocycles. The van der Waals surface area contributed by atoms with Crippen LogP contribution in [0.4, 0.5) is 5.69 Å². The zero-order chi connectivity index (χ0) is 15.3. The van der Waals surface area contributed by atoms with Gasteiger partial charge in [-0.2, -0.15) is 0 Å². The molecule has 0 unspecified atom stereocenters. The fourth-order valence-electron chi connectivity index (χ4n) is 1.60. The summed E-state index contributed by atoms with van der Waals surface area (Å²) < 4.78 is 31.6. The summed E-state index contributed by atoms with van der Waals surface area (Å²) in [4.78, 5) is 5.15. The van der Waals surface area contributed by atoms with Gasteiger partial charge in [0.1, 0.15) is 17.4 Å². The zero-order valence-electron chi connectivity index (χ0n) is 11.6. The molecular formula is C13H17N3O3S2. The Balaban J connectivity index is 1.80. The van der Waals surface area contributed by atoms with E-state index in [2.05, 4.69) is 9.71 Å². The summed E-state index contributed by atoms with van der Waals surface area (Å²) in [5.41, 5.74) is 6.20. The molecule has 0 fully saturated rings. The molecular weight excluding hydrogens is 310 g/mol. The lowest BCUT2D eigenvalue weighted by atomic mass is 10.3. The van der Waals surface area contributed by atoms with Crippen molar-refractivity contribution >= 4 is 27.0 Å². The number of thiazole rings is 1. The Hall–Kier alpha value is -1.64. The smallest absolute Gasteiger partial charge is 0.215 e. The minimum atomic E-state index is -3.40. The van der Waals surface area contributed by atoms with Crippen molar-refractivity contribution in [2.24, 2.45) is 0 Å². The summed E-state index contributed by atoms with van der Waals surface area (Å²) in [6, 6.07) is 6.97. The van der Waals surface area contributed by atoms with E-state index in [0.717, 1.165) is 9.88 Å². The van der Waals surface area contributed by atoms with Crippen molar-refractivity contribution in [3.8, 4) is 5.75 Å². The first kappa shape index (κ1) is 15.7. The molecule has 0 amide bonds. The van der Waals surface area contributed by atoms with Gasteiger partial charge in [0, 0.05) is 11.1 Å². The normalized spacial score (nSPS) is 11.5. The largest absolute Gasteiger partial charge is 0.490 e. The molecule has 21 heavy (non-hydrogen) atoms. The average Bonchev–Trinajstić information content (AvgIpc) is 2.85. The minimum absolute atomic E-state index is 0.0421. The second-order valence-corrected chi connectivity index (χ2v) is 7.64. The van der Waals surface area contributed by atoms with Gasteiger partial charge in [-0.1, -0.05) is 12.1 Å². The van der Waals surface area contributed by atoms with Crippen LogP contribution in [0.2, 0.25) is 0 Å². The van der Waals surface area contributed by atoms with Crippen LogP contribution >= 0.6 is 11.3 Å². The quantitative estimate of drug-likeness (QED) is 0.752. The van der Waals surface area contributed by atoms with E-state index in [1.807, 2.05) is 6.92 Å². The van der Waals surface area contributed by atoms with Crippen molar-refractivity contribution < 1.29 is 13.2 Å². The highest BCUT2D eigenvalue weighted by molar-refractivity contribution is 7.89. The van der Waals surface area contributed by atoms with E-state index in [0.29, 0.717) is 11.4 Å². The Labute approximate surface area is 128 Å². The Kier molecular flexibility index (Phi) is 5.16. The van der Waals surface area contributed by atoms with Gasteiger partial charge in [0.05, 0.1) is 18.0 Å². The number of benzene rings is 1. The number of nitrogens with two attached hydrogens (primary N) is 1. The third-order valence-electron chi connectivity index (χ3n) is 2.64. The number of aryl methyl sites for hydroxylation is 1. The van der Waals surface area contributed by atoms with Crippen LogP contribution in [0, 0.1) is 6.92 Å². The highest BCUT2D eigenvalue weighted by Crippen LogP contribution is 2.19. The number of aromatic nitrogens is 1. The maximum Gasteiger partial charge on any atom is 0.215 e. The molecule has 0 spiro atoms. The third-order valence-corrected chi connectivity index (χ3v) is 4.84. The lowest BCUT2D eigenvalue weighted by Crippen LogP contribution is -2.28. The predicted molar refractivity (Wildman–Crippen MR) is 83.8 cm³/mol. The molecule has 0 atom stereocenters. The molecule has 0 radical (unpaired) electrons. The molecule has 1 aromatic carbocycles. The number of hydrogen-bond acceptors (Lipinski definition) is 6. The van der Waals surface area contributed by atoms with Gasteiger partial charge in [-0.05, 0) is 19.1 Å². The van der Waals surface area contributed by atoms with E-state index in [1.54, 1.807) is 30.5 Å². The third kappa shape index (κ3) is 5.00. The van der Waals surface area contributed by atoms with Crippen molar-refractivity contribution in [3.63, 3.8) is 0 Å². The Morgan fingerprint density at radius 2 is 2.14 bits per heavy atom. The van der Waals surface area contributed by atoms with Crippen LogP contribution in [-0.4, -0.2) is 25.8 Å². The van der Waals surface area contributed by atoms with E-state index in [4.69, 9.17) is 10.5 Å². The van der Waals surface area contributed by atoms with Crippen LogP contribution in [0.5, 0.6) is 5.75 Å². The number of anilines is 1.